The Morgan fingerprint density at radius 2 is 1.65 bits per heavy atom. The van der Waals surface area contributed by atoms with Gasteiger partial charge in [0.25, 0.3) is 5.56 Å². The SMILES string of the molecule is O=c1[nH]c2cc([NH+]([O-])O)ccc2nc1/C=C(\O)c1ccc([NH+]([O-])O)cc1. The third-order valence-corrected chi connectivity index (χ3v) is 3.67. The second-order valence-electron chi connectivity index (χ2n) is 5.40. The first-order valence-corrected chi connectivity index (χ1v) is 7.37. The number of quaternary nitrogens is 2. The molecule has 1 aromatic heterocycles. The van der Waals surface area contributed by atoms with Gasteiger partial charge in [-0.1, -0.05) is 0 Å². The van der Waals surface area contributed by atoms with Gasteiger partial charge in [0.1, 0.15) is 11.5 Å². The minimum atomic E-state index is -1.13. The van der Waals surface area contributed by atoms with E-state index in [-0.39, 0.29) is 28.3 Å². The molecule has 0 amide bonds. The zero-order valence-electron chi connectivity index (χ0n) is 13.1. The third kappa shape index (κ3) is 3.60. The standard InChI is InChI=1S/C16H14N4O6/c21-15(9-1-3-10(4-2-9)19(23)24)8-14-16(22)18-13-7-11(20(25)26)5-6-12(13)17-14/h1-8,19-21,23,25H,(H,18,22)/b15-8-. The highest BCUT2D eigenvalue weighted by molar-refractivity contribution is 5.80. The average molecular weight is 358 g/mol. The summed E-state index contributed by atoms with van der Waals surface area (Å²) < 4.78 is 0. The van der Waals surface area contributed by atoms with Crippen LogP contribution in [0.15, 0.2) is 47.3 Å². The van der Waals surface area contributed by atoms with Gasteiger partial charge in [0.05, 0.1) is 11.0 Å². The minimum Gasteiger partial charge on any atom is -0.595 e. The molecular weight excluding hydrogens is 344 g/mol. The zero-order chi connectivity index (χ0) is 18.8. The van der Waals surface area contributed by atoms with Crippen LogP contribution in [-0.2, 0) is 0 Å². The number of nitrogens with one attached hydrogen (secondary N) is 3. The average Bonchev–Trinajstić information content (AvgIpc) is 2.61. The van der Waals surface area contributed by atoms with Gasteiger partial charge in [-0.25, -0.2) is 15.4 Å². The summed E-state index contributed by atoms with van der Waals surface area (Å²) >= 11 is 0. The second kappa shape index (κ2) is 7.01. The van der Waals surface area contributed by atoms with E-state index in [0.29, 0.717) is 11.1 Å². The number of H-pyrrole nitrogens is 1. The Balaban J connectivity index is 1.99. The van der Waals surface area contributed by atoms with Crippen LogP contribution in [0.3, 0.4) is 0 Å². The molecule has 0 aliphatic rings. The highest BCUT2D eigenvalue weighted by atomic mass is 16.8. The molecule has 6 N–H and O–H groups in total. The molecule has 0 spiro atoms. The summed E-state index contributed by atoms with van der Waals surface area (Å²) in [6.45, 7) is 0. The Morgan fingerprint density at radius 3 is 2.27 bits per heavy atom. The van der Waals surface area contributed by atoms with Gasteiger partial charge in [0.2, 0.25) is 0 Å². The van der Waals surface area contributed by atoms with E-state index < -0.39 is 16.0 Å². The van der Waals surface area contributed by atoms with Gasteiger partial charge in [-0.2, -0.15) is 10.5 Å². The summed E-state index contributed by atoms with van der Waals surface area (Å²) in [5.41, 5.74) is 0.343. The molecule has 26 heavy (non-hydrogen) atoms. The first-order valence-electron chi connectivity index (χ1n) is 7.37. The molecule has 0 aliphatic heterocycles. The Bertz CT molecular complexity index is 1030. The molecule has 10 nitrogen and oxygen atoms in total. The van der Waals surface area contributed by atoms with Crippen LogP contribution in [0, 0.1) is 10.4 Å². The van der Waals surface area contributed by atoms with Crippen LogP contribution >= 0.6 is 0 Å². The summed E-state index contributed by atoms with van der Waals surface area (Å²) in [6, 6.07) is 9.57. The fraction of sp³-hybridized carbons (Fsp3) is 0. The molecule has 0 radical (unpaired) electrons. The van der Waals surface area contributed by atoms with Gasteiger partial charge < -0.3 is 20.5 Å². The van der Waals surface area contributed by atoms with Crippen molar-refractivity contribution in [3.8, 4) is 0 Å². The maximum Gasteiger partial charge on any atom is 0.274 e. The minimum absolute atomic E-state index is 0.0135. The summed E-state index contributed by atoms with van der Waals surface area (Å²) in [4.78, 5) is 18.8. The quantitative estimate of drug-likeness (QED) is 0.278. The van der Waals surface area contributed by atoms with Crippen LogP contribution in [0.25, 0.3) is 22.9 Å². The van der Waals surface area contributed by atoms with E-state index in [9.17, 15) is 20.3 Å². The molecule has 2 unspecified atom stereocenters. The van der Waals surface area contributed by atoms with Gasteiger partial charge in [-0.15, -0.1) is 0 Å². The number of benzene rings is 2. The van der Waals surface area contributed by atoms with Gasteiger partial charge in [-0.05, 0) is 18.2 Å². The number of aromatic amines is 1. The molecule has 134 valence electrons. The number of aliphatic hydroxyl groups is 1. The van der Waals surface area contributed by atoms with E-state index >= 15 is 0 Å². The third-order valence-electron chi connectivity index (χ3n) is 3.67. The number of aliphatic hydroxyl groups excluding tert-OH is 1. The Kier molecular flexibility index (Phi) is 4.77. The predicted octanol–water partition coefficient (Wildman–Crippen LogP) is -0.214. The van der Waals surface area contributed by atoms with Gasteiger partial charge in [-0.3, -0.25) is 4.79 Å². The van der Waals surface area contributed by atoms with Crippen molar-refractivity contribution < 1.29 is 26.0 Å². The summed E-state index contributed by atoms with van der Waals surface area (Å²) in [6.07, 6.45) is 1.15. The number of hydrogen-bond acceptors (Lipinski definition) is 7. The van der Waals surface area contributed by atoms with Crippen LogP contribution in [0.5, 0.6) is 0 Å². The van der Waals surface area contributed by atoms with Crippen LogP contribution in [0.2, 0.25) is 0 Å². The second-order valence-corrected chi connectivity index (χ2v) is 5.40. The van der Waals surface area contributed by atoms with Gasteiger partial charge in [0.15, 0.2) is 11.4 Å². The van der Waals surface area contributed by atoms with Crippen LogP contribution in [0.1, 0.15) is 11.3 Å². The summed E-state index contributed by atoms with van der Waals surface area (Å²) in [5.74, 6) is -0.263. The highest BCUT2D eigenvalue weighted by Crippen LogP contribution is 2.17. The molecule has 10 heteroatoms. The highest BCUT2D eigenvalue weighted by Gasteiger charge is 2.09. The van der Waals surface area contributed by atoms with E-state index in [1.807, 2.05) is 0 Å². The van der Waals surface area contributed by atoms with Crippen LogP contribution in [0.4, 0.5) is 11.4 Å². The van der Waals surface area contributed by atoms with E-state index in [4.69, 9.17) is 10.4 Å². The lowest BCUT2D eigenvalue weighted by atomic mass is 10.1. The normalized spacial score (nSPS) is 14.4. The molecule has 2 atom stereocenters. The molecule has 0 saturated heterocycles. The molecule has 2 aromatic carbocycles. The lowest BCUT2D eigenvalue weighted by molar-refractivity contribution is -0.991. The number of aromatic nitrogens is 2. The molecule has 0 aliphatic carbocycles. The Morgan fingerprint density at radius 1 is 1.04 bits per heavy atom. The Labute approximate surface area is 145 Å². The summed E-state index contributed by atoms with van der Waals surface area (Å²) in [5, 5.41) is 47.6. The molecule has 1 heterocycles. The van der Waals surface area contributed by atoms with Crippen LogP contribution in [-0.4, -0.2) is 25.5 Å². The summed E-state index contributed by atoms with van der Waals surface area (Å²) in [7, 11) is 0. The van der Waals surface area contributed by atoms with E-state index in [1.54, 1.807) is 0 Å². The molecule has 0 saturated carbocycles. The molecule has 0 fully saturated rings. The number of fused-ring (bicyclic) bond motifs is 1. The van der Waals surface area contributed by atoms with Crippen molar-refractivity contribution in [3.05, 3.63) is 74.5 Å². The van der Waals surface area contributed by atoms with Crippen molar-refractivity contribution in [1.82, 2.24) is 9.97 Å². The van der Waals surface area contributed by atoms with Gasteiger partial charge >= 0.3 is 0 Å². The van der Waals surface area contributed by atoms with Gasteiger partial charge in [0, 0.05) is 35.9 Å². The lowest BCUT2D eigenvalue weighted by Crippen LogP contribution is -2.99. The van der Waals surface area contributed by atoms with Crippen LogP contribution < -0.4 is 16.0 Å². The van der Waals surface area contributed by atoms with Crippen molar-refractivity contribution in [1.29, 1.82) is 0 Å². The number of nitrogens with zero attached hydrogens (tertiary/aromatic N) is 1. The first kappa shape index (κ1) is 17.7. The molecule has 3 aromatic rings. The monoisotopic (exact) mass is 358 g/mol. The Hall–Kier alpha value is -3.12. The topological polar surface area (TPSA) is 161 Å². The van der Waals surface area contributed by atoms with Crippen molar-refractivity contribution >= 4 is 34.2 Å². The lowest BCUT2D eigenvalue weighted by Gasteiger charge is -2.12. The molecule has 3 rings (SSSR count). The zero-order valence-corrected chi connectivity index (χ0v) is 13.1. The molecule has 0 bridgehead atoms. The molecular formula is C16H14N4O6. The van der Waals surface area contributed by atoms with E-state index in [0.717, 1.165) is 6.08 Å². The van der Waals surface area contributed by atoms with Crippen molar-refractivity contribution in [2.75, 3.05) is 0 Å². The maximum absolute atomic E-state index is 12.1. The van der Waals surface area contributed by atoms with Crippen molar-refractivity contribution in [3.63, 3.8) is 0 Å². The first-order chi connectivity index (χ1) is 12.3. The van der Waals surface area contributed by atoms with E-state index in [2.05, 4.69) is 9.97 Å². The number of hydrogen-bond donors (Lipinski definition) is 6. The smallest absolute Gasteiger partial charge is 0.274 e. The predicted molar refractivity (Wildman–Crippen MR) is 90.9 cm³/mol. The number of rotatable bonds is 4. The largest absolute Gasteiger partial charge is 0.595 e. The fourth-order valence-corrected chi connectivity index (χ4v) is 2.33. The van der Waals surface area contributed by atoms with E-state index in [1.165, 1.54) is 42.5 Å². The maximum atomic E-state index is 12.1. The van der Waals surface area contributed by atoms with Crippen molar-refractivity contribution in [2.45, 2.75) is 0 Å². The van der Waals surface area contributed by atoms with Crippen molar-refractivity contribution in [2.24, 2.45) is 0 Å². The fourth-order valence-electron chi connectivity index (χ4n) is 2.33.